The zero-order chi connectivity index (χ0) is 9.42. The minimum absolute atomic E-state index is 0.0426. The molecule has 1 heterocycles. The van der Waals surface area contributed by atoms with Crippen LogP contribution in [-0.4, -0.2) is 5.97 Å². The number of nitrogens with zero attached hydrogens (tertiary/aromatic N) is 1. The van der Waals surface area contributed by atoms with Crippen LogP contribution in [0.3, 0.4) is 0 Å². The third-order valence-corrected chi connectivity index (χ3v) is 1.86. The smallest absolute Gasteiger partial charge is 0.341 e. The second kappa shape index (κ2) is 2.56. The fraction of sp³-hybridized carbons (Fsp3) is 0.111. The van der Waals surface area contributed by atoms with Gasteiger partial charge in [-0.15, -0.1) is 0 Å². The van der Waals surface area contributed by atoms with E-state index in [1.807, 2.05) is 0 Å². The monoisotopic (exact) mass is 177 g/mol. The first kappa shape index (κ1) is 7.74. The largest absolute Gasteiger partial charge is 0.457 e. The van der Waals surface area contributed by atoms with Gasteiger partial charge in [-0.1, -0.05) is 0 Å². The Morgan fingerprint density at radius 3 is 3.00 bits per heavy atom. The van der Waals surface area contributed by atoms with Gasteiger partial charge >= 0.3 is 5.97 Å². The topological polar surface area (TPSA) is 50.1 Å². The predicted molar refractivity (Wildman–Crippen MR) is 40.2 cm³/mol. The molecule has 0 spiro atoms. The summed E-state index contributed by atoms with van der Waals surface area (Å²) in [4.78, 5) is 10.9. The molecular weight excluding hydrogens is 173 g/mol. The molecule has 2 rings (SSSR count). The van der Waals surface area contributed by atoms with Crippen LogP contribution in [-0.2, 0) is 11.3 Å². The number of hydrogen-bond donors (Lipinski definition) is 0. The van der Waals surface area contributed by atoms with Crippen LogP contribution in [0.2, 0.25) is 0 Å². The summed E-state index contributed by atoms with van der Waals surface area (Å²) in [5.41, 5.74) is 0.607. The summed E-state index contributed by atoms with van der Waals surface area (Å²) < 4.78 is 17.8. The van der Waals surface area contributed by atoms with Crippen molar-refractivity contribution in [3.05, 3.63) is 34.6 Å². The first-order chi connectivity index (χ1) is 6.22. The highest BCUT2D eigenvalue weighted by molar-refractivity contribution is 5.93. The van der Waals surface area contributed by atoms with E-state index in [4.69, 9.17) is 5.26 Å². The Labute approximate surface area is 73.4 Å². The van der Waals surface area contributed by atoms with Crippen LogP contribution < -0.4 is 0 Å². The van der Waals surface area contributed by atoms with Gasteiger partial charge in [-0.3, -0.25) is 0 Å². The van der Waals surface area contributed by atoms with E-state index >= 15 is 0 Å². The summed E-state index contributed by atoms with van der Waals surface area (Å²) in [5.74, 6) is -1.34. The number of halogens is 1. The van der Waals surface area contributed by atoms with Crippen molar-refractivity contribution in [2.24, 2.45) is 0 Å². The van der Waals surface area contributed by atoms with Crippen molar-refractivity contribution in [2.75, 3.05) is 0 Å². The van der Waals surface area contributed by atoms with Gasteiger partial charge in [-0.2, -0.15) is 5.26 Å². The Morgan fingerprint density at radius 1 is 1.54 bits per heavy atom. The summed E-state index contributed by atoms with van der Waals surface area (Å²) in [5, 5.41) is 8.52. The molecule has 0 fully saturated rings. The summed E-state index contributed by atoms with van der Waals surface area (Å²) in [6.07, 6.45) is 0. The molecule has 13 heavy (non-hydrogen) atoms. The molecular formula is C9H4FNO2. The molecule has 0 atom stereocenters. The molecule has 0 N–H and O–H groups in total. The van der Waals surface area contributed by atoms with E-state index in [-0.39, 0.29) is 17.7 Å². The molecule has 0 unspecified atom stereocenters. The van der Waals surface area contributed by atoms with Gasteiger partial charge in [0.1, 0.15) is 18.0 Å². The van der Waals surface area contributed by atoms with Gasteiger partial charge in [0.2, 0.25) is 0 Å². The molecule has 3 nitrogen and oxygen atoms in total. The molecule has 1 aromatic rings. The molecule has 0 aromatic heterocycles. The quantitative estimate of drug-likeness (QED) is 0.562. The summed E-state index contributed by atoms with van der Waals surface area (Å²) in [6.45, 7) is 0.0562. The number of ether oxygens (including phenoxy) is 1. The molecule has 1 aliphatic rings. The lowest BCUT2D eigenvalue weighted by molar-refractivity contribution is 0.0532. The van der Waals surface area contributed by atoms with E-state index in [2.05, 4.69) is 4.74 Å². The SMILES string of the molecule is N#Cc1cc(F)c2c(c1)COC2=O. The highest BCUT2D eigenvalue weighted by Crippen LogP contribution is 2.23. The Bertz CT molecular complexity index is 434. The Kier molecular flexibility index (Phi) is 1.52. The van der Waals surface area contributed by atoms with E-state index in [1.165, 1.54) is 6.07 Å². The molecule has 0 aliphatic carbocycles. The molecule has 1 aliphatic heterocycles. The van der Waals surface area contributed by atoms with Gasteiger partial charge in [0, 0.05) is 5.56 Å². The highest BCUT2D eigenvalue weighted by atomic mass is 19.1. The Morgan fingerprint density at radius 2 is 2.31 bits per heavy atom. The molecule has 64 valence electrons. The molecule has 0 bridgehead atoms. The maximum absolute atomic E-state index is 13.1. The predicted octanol–water partition coefficient (Wildman–Crippen LogP) is 1.37. The molecule has 1 aromatic carbocycles. The Balaban J connectivity index is 2.67. The van der Waals surface area contributed by atoms with Crippen molar-refractivity contribution < 1.29 is 13.9 Å². The molecule has 4 heteroatoms. The van der Waals surface area contributed by atoms with Gasteiger partial charge in [-0.05, 0) is 12.1 Å². The van der Waals surface area contributed by atoms with Gasteiger partial charge in [0.05, 0.1) is 11.6 Å². The van der Waals surface area contributed by atoms with E-state index in [0.29, 0.717) is 5.56 Å². The van der Waals surface area contributed by atoms with Crippen molar-refractivity contribution in [1.82, 2.24) is 0 Å². The van der Waals surface area contributed by atoms with Gasteiger partial charge in [0.25, 0.3) is 0 Å². The third-order valence-electron chi connectivity index (χ3n) is 1.86. The minimum Gasteiger partial charge on any atom is -0.457 e. The van der Waals surface area contributed by atoms with Crippen LogP contribution in [0.15, 0.2) is 12.1 Å². The van der Waals surface area contributed by atoms with Crippen LogP contribution >= 0.6 is 0 Å². The lowest BCUT2D eigenvalue weighted by Gasteiger charge is -1.96. The Hall–Kier alpha value is -1.89. The van der Waals surface area contributed by atoms with Crippen molar-refractivity contribution in [2.45, 2.75) is 6.61 Å². The molecule has 0 saturated heterocycles. The van der Waals surface area contributed by atoms with Crippen LogP contribution in [0.5, 0.6) is 0 Å². The zero-order valence-corrected chi connectivity index (χ0v) is 6.50. The summed E-state index contributed by atoms with van der Waals surface area (Å²) in [6, 6.07) is 4.30. The minimum atomic E-state index is -0.684. The summed E-state index contributed by atoms with van der Waals surface area (Å²) >= 11 is 0. The first-order valence-corrected chi connectivity index (χ1v) is 3.62. The number of esters is 1. The zero-order valence-electron chi connectivity index (χ0n) is 6.50. The van der Waals surface area contributed by atoms with Crippen molar-refractivity contribution in [3.8, 4) is 6.07 Å². The van der Waals surface area contributed by atoms with Gasteiger partial charge in [-0.25, -0.2) is 9.18 Å². The highest BCUT2D eigenvalue weighted by Gasteiger charge is 2.25. The fourth-order valence-electron chi connectivity index (χ4n) is 1.29. The van der Waals surface area contributed by atoms with Gasteiger partial charge in [0.15, 0.2) is 0 Å². The van der Waals surface area contributed by atoms with Crippen molar-refractivity contribution in [3.63, 3.8) is 0 Å². The van der Waals surface area contributed by atoms with E-state index < -0.39 is 11.8 Å². The third kappa shape index (κ3) is 1.05. The van der Waals surface area contributed by atoms with E-state index in [1.54, 1.807) is 6.07 Å². The molecule has 0 amide bonds. The van der Waals surface area contributed by atoms with Crippen molar-refractivity contribution >= 4 is 5.97 Å². The summed E-state index contributed by atoms with van der Waals surface area (Å²) in [7, 11) is 0. The fourth-order valence-corrected chi connectivity index (χ4v) is 1.29. The second-order valence-electron chi connectivity index (χ2n) is 2.68. The number of nitriles is 1. The standard InChI is InChI=1S/C9H4FNO2/c10-7-2-5(3-11)1-6-4-13-9(12)8(6)7/h1-2H,4H2. The average molecular weight is 177 g/mol. The van der Waals surface area contributed by atoms with Crippen LogP contribution in [0.25, 0.3) is 0 Å². The number of carbonyl (C=O) groups excluding carboxylic acids is 1. The van der Waals surface area contributed by atoms with Gasteiger partial charge < -0.3 is 4.74 Å². The van der Waals surface area contributed by atoms with Crippen molar-refractivity contribution in [1.29, 1.82) is 5.26 Å². The number of carbonyl (C=O) groups is 1. The average Bonchev–Trinajstić information content (AvgIpc) is 2.48. The molecule has 0 radical (unpaired) electrons. The molecule has 0 saturated carbocycles. The number of hydrogen-bond acceptors (Lipinski definition) is 3. The second-order valence-corrected chi connectivity index (χ2v) is 2.68. The number of fused-ring (bicyclic) bond motifs is 1. The number of cyclic esters (lactones) is 1. The van der Waals surface area contributed by atoms with E-state index in [0.717, 1.165) is 6.07 Å². The maximum Gasteiger partial charge on any atom is 0.341 e. The normalized spacial score (nSPS) is 13.4. The van der Waals surface area contributed by atoms with Crippen LogP contribution in [0, 0.1) is 17.1 Å². The first-order valence-electron chi connectivity index (χ1n) is 3.62. The van der Waals surface area contributed by atoms with Crippen LogP contribution in [0.4, 0.5) is 4.39 Å². The number of benzene rings is 1. The van der Waals surface area contributed by atoms with Crippen LogP contribution in [0.1, 0.15) is 21.5 Å². The maximum atomic E-state index is 13.1. The van der Waals surface area contributed by atoms with E-state index in [9.17, 15) is 9.18 Å². The lowest BCUT2D eigenvalue weighted by Crippen LogP contribution is -1.98. The number of rotatable bonds is 0. The lowest BCUT2D eigenvalue weighted by atomic mass is 10.1.